The molecule has 10 aromatic carbocycles. The van der Waals surface area contributed by atoms with Crippen LogP contribution in [0.25, 0.3) is 123 Å². The molecule has 2 aromatic heterocycles. The maximum absolute atomic E-state index is 5.34. The smallest absolute Gasteiger partial charge is 0.164 e. The number of aromatic nitrogens is 4. The van der Waals surface area contributed by atoms with E-state index in [2.05, 4.69) is 267 Å². The second-order valence-electron chi connectivity index (χ2n) is 18.4. The molecule has 73 heavy (non-hydrogen) atoms. The Kier molecular flexibility index (Phi) is 12.2. The Morgan fingerprint density at radius 2 is 0.507 bits per heavy atom. The Morgan fingerprint density at radius 1 is 0.219 bits per heavy atom. The van der Waals surface area contributed by atoms with Crippen molar-refractivity contribution in [1.29, 1.82) is 0 Å². The normalized spacial score (nSPS) is 11.1. The monoisotopic (exact) mass is 932 g/mol. The van der Waals surface area contributed by atoms with Gasteiger partial charge in [0.2, 0.25) is 0 Å². The molecular weight excluding hydrogens is 885 g/mol. The van der Waals surface area contributed by atoms with Crippen molar-refractivity contribution >= 4 is 0 Å². The largest absolute Gasteiger partial charge is 0.256 e. The van der Waals surface area contributed by atoms with Crippen LogP contribution in [0.2, 0.25) is 0 Å². The standard InChI is InChI=1S/C69H48N4/c1-47-34-35-55(46-65(47)66-33-14-15-36-70-66)52-27-16-30-56(37-52)67-71-68(57-31-17-28-53(38-57)63-42-59(48-19-6-2-7-20-48)40-60(43-63)49-21-8-3-9-22-49)73-69(72-67)58-32-18-29-54(39-58)64-44-61(50-23-10-4-11-24-50)41-62(45-64)51-25-12-5-13-26-51/h2-46H,1H3. The maximum Gasteiger partial charge on any atom is 0.164 e. The summed E-state index contributed by atoms with van der Waals surface area (Å²) in [6.07, 6.45) is 1.84. The van der Waals surface area contributed by atoms with Crippen molar-refractivity contribution < 1.29 is 0 Å². The molecule has 0 aliphatic heterocycles. The average Bonchev–Trinajstić information content (AvgIpc) is 3.48. The van der Waals surface area contributed by atoms with Gasteiger partial charge in [-0.05, 0) is 163 Å². The van der Waals surface area contributed by atoms with Gasteiger partial charge in [-0.3, -0.25) is 4.98 Å². The van der Waals surface area contributed by atoms with Crippen molar-refractivity contribution in [1.82, 2.24) is 19.9 Å². The number of hydrogen-bond acceptors (Lipinski definition) is 4. The van der Waals surface area contributed by atoms with Gasteiger partial charge < -0.3 is 0 Å². The van der Waals surface area contributed by atoms with E-state index in [1.54, 1.807) is 0 Å². The van der Waals surface area contributed by atoms with E-state index in [4.69, 9.17) is 15.0 Å². The minimum atomic E-state index is 0.588. The van der Waals surface area contributed by atoms with Crippen LogP contribution in [0.15, 0.2) is 273 Å². The number of hydrogen-bond donors (Lipinski definition) is 0. The SMILES string of the molecule is Cc1ccc(-c2cccc(-c3nc(-c4cccc(-c5cc(-c6ccccc6)cc(-c6ccccc6)c5)c4)nc(-c4cccc(-c5cc(-c6ccccc6)cc(-c6ccccc6)c5)c4)n3)c2)cc1-c1ccccn1. The summed E-state index contributed by atoms with van der Waals surface area (Å²) in [4.78, 5) is 20.7. The number of rotatable bonds is 11. The van der Waals surface area contributed by atoms with Crippen molar-refractivity contribution in [3.05, 3.63) is 279 Å². The van der Waals surface area contributed by atoms with Crippen LogP contribution < -0.4 is 0 Å². The van der Waals surface area contributed by atoms with Gasteiger partial charge in [-0.1, -0.05) is 194 Å². The van der Waals surface area contributed by atoms with Gasteiger partial charge in [-0.15, -0.1) is 0 Å². The van der Waals surface area contributed by atoms with Gasteiger partial charge in [0.05, 0.1) is 5.69 Å². The lowest BCUT2D eigenvalue weighted by Gasteiger charge is -2.14. The minimum absolute atomic E-state index is 0.588. The Labute approximate surface area is 426 Å². The summed E-state index contributed by atoms with van der Waals surface area (Å²) in [5.74, 6) is 1.76. The molecular formula is C69H48N4. The molecule has 12 aromatic rings. The van der Waals surface area contributed by atoms with E-state index in [0.29, 0.717) is 17.5 Å². The zero-order chi connectivity index (χ0) is 48.9. The molecule has 0 radical (unpaired) electrons. The van der Waals surface area contributed by atoms with Gasteiger partial charge in [-0.2, -0.15) is 0 Å². The summed E-state index contributed by atoms with van der Waals surface area (Å²) in [6, 6.07) is 94.3. The van der Waals surface area contributed by atoms with Crippen LogP contribution in [0.3, 0.4) is 0 Å². The number of benzene rings is 10. The zero-order valence-corrected chi connectivity index (χ0v) is 40.3. The summed E-state index contributed by atoms with van der Waals surface area (Å²) in [6.45, 7) is 2.13. The first kappa shape index (κ1) is 44.6. The Balaban J connectivity index is 0.999. The first-order chi connectivity index (χ1) is 36.0. The second-order valence-corrected chi connectivity index (χ2v) is 18.4. The van der Waals surface area contributed by atoms with Crippen LogP contribution in [0.1, 0.15) is 5.56 Å². The maximum atomic E-state index is 5.34. The van der Waals surface area contributed by atoms with Crippen LogP contribution in [-0.4, -0.2) is 19.9 Å². The van der Waals surface area contributed by atoms with Gasteiger partial charge in [0.1, 0.15) is 0 Å². The third kappa shape index (κ3) is 9.66. The minimum Gasteiger partial charge on any atom is -0.256 e. The summed E-state index contributed by atoms with van der Waals surface area (Å²) < 4.78 is 0. The van der Waals surface area contributed by atoms with E-state index in [9.17, 15) is 0 Å². The highest BCUT2D eigenvalue weighted by atomic mass is 15.0. The van der Waals surface area contributed by atoms with Crippen molar-refractivity contribution in [2.75, 3.05) is 0 Å². The van der Waals surface area contributed by atoms with Crippen LogP contribution in [0.4, 0.5) is 0 Å². The average molecular weight is 933 g/mol. The molecule has 0 bridgehead atoms. The fourth-order valence-electron chi connectivity index (χ4n) is 9.65. The highest BCUT2D eigenvalue weighted by Gasteiger charge is 2.17. The molecule has 0 N–H and O–H groups in total. The van der Waals surface area contributed by atoms with Crippen molar-refractivity contribution in [2.45, 2.75) is 6.92 Å². The molecule has 0 fully saturated rings. The number of pyridine rings is 1. The summed E-state index contributed by atoms with van der Waals surface area (Å²) in [5, 5.41) is 0. The number of nitrogens with zero attached hydrogens (tertiary/aromatic N) is 4. The van der Waals surface area contributed by atoms with Crippen LogP contribution in [0.5, 0.6) is 0 Å². The first-order valence-electron chi connectivity index (χ1n) is 24.7. The van der Waals surface area contributed by atoms with Crippen molar-refractivity contribution in [3.63, 3.8) is 0 Å². The molecule has 0 atom stereocenters. The van der Waals surface area contributed by atoms with Crippen molar-refractivity contribution in [3.8, 4) is 123 Å². The first-order valence-corrected chi connectivity index (χ1v) is 24.7. The van der Waals surface area contributed by atoms with Gasteiger partial charge in [0.15, 0.2) is 17.5 Å². The fraction of sp³-hybridized carbons (Fsp3) is 0.0145. The lowest BCUT2D eigenvalue weighted by atomic mass is 9.92. The van der Waals surface area contributed by atoms with Crippen LogP contribution in [-0.2, 0) is 0 Å². The van der Waals surface area contributed by atoms with Gasteiger partial charge in [0, 0.05) is 28.5 Å². The van der Waals surface area contributed by atoms with E-state index < -0.39 is 0 Å². The molecule has 12 rings (SSSR count). The summed E-state index contributed by atoms with van der Waals surface area (Å²) >= 11 is 0. The molecule has 0 aliphatic rings. The molecule has 4 nitrogen and oxygen atoms in total. The van der Waals surface area contributed by atoms with Gasteiger partial charge in [-0.25, -0.2) is 15.0 Å². The van der Waals surface area contributed by atoms with E-state index in [-0.39, 0.29) is 0 Å². The third-order valence-corrected chi connectivity index (χ3v) is 13.5. The lowest BCUT2D eigenvalue weighted by molar-refractivity contribution is 1.07. The van der Waals surface area contributed by atoms with E-state index in [0.717, 1.165) is 106 Å². The Bertz CT molecular complexity index is 3590. The highest BCUT2D eigenvalue weighted by Crippen LogP contribution is 2.38. The van der Waals surface area contributed by atoms with E-state index in [1.165, 1.54) is 5.56 Å². The summed E-state index contributed by atoms with van der Waals surface area (Å²) in [5.41, 5.74) is 21.6. The lowest BCUT2D eigenvalue weighted by Crippen LogP contribution is -2.00. The molecule has 0 saturated heterocycles. The molecule has 0 aliphatic carbocycles. The van der Waals surface area contributed by atoms with E-state index >= 15 is 0 Å². The fourth-order valence-corrected chi connectivity index (χ4v) is 9.65. The topological polar surface area (TPSA) is 51.6 Å². The summed E-state index contributed by atoms with van der Waals surface area (Å²) in [7, 11) is 0. The quantitative estimate of drug-likeness (QED) is 0.130. The van der Waals surface area contributed by atoms with Crippen LogP contribution in [0, 0.1) is 6.92 Å². The predicted octanol–water partition coefficient (Wildman–Crippen LogP) is 17.9. The number of aryl methyl sites for hydroxylation is 1. The van der Waals surface area contributed by atoms with E-state index in [1.807, 2.05) is 18.3 Å². The molecule has 0 unspecified atom stereocenters. The Hall–Kier alpha value is -9.64. The van der Waals surface area contributed by atoms with Gasteiger partial charge >= 0.3 is 0 Å². The van der Waals surface area contributed by atoms with Crippen molar-refractivity contribution in [2.24, 2.45) is 0 Å². The second kappa shape index (κ2) is 20.0. The molecule has 0 saturated carbocycles. The predicted molar refractivity (Wildman–Crippen MR) is 302 cm³/mol. The third-order valence-electron chi connectivity index (χ3n) is 13.5. The molecule has 344 valence electrons. The molecule has 4 heteroatoms. The Morgan fingerprint density at radius 3 is 0.863 bits per heavy atom. The molecule has 0 spiro atoms. The van der Waals surface area contributed by atoms with Gasteiger partial charge in [0.25, 0.3) is 0 Å². The highest BCUT2D eigenvalue weighted by molar-refractivity contribution is 5.85. The van der Waals surface area contributed by atoms with Crippen LogP contribution >= 0.6 is 0 Å². The molecule has 0 amide bonds. The zero-order valence-electron chi connectivity index (χ0n) is 40.3. The molecule has 2 heterocycles.